The molecular formula is C27H49NO2Si. The number of allylic oxidation sites excluding steroid dienone is 3. The summed E-state index contributed by atoms with van der Waals surface area (Å²) < 4.78 is 6.37. The average Bonchev–Trinajstić information content (AvgIpc) is 2.58. The maximum Gasteiger partial charge on any atom is 0.192 e. The first-order valence-electron chi connectivity index (χ1n) is 11.9. The summed E-state index contributed by atoms with van der Waals surface area (Å²) in [6.07, 6.45) is 8.96. The fourth-order valence-corrected chi connectivity index (χ4v) is 5.36. The quantitative estimate of drug-likeness (QED) is 0.135. The molecule has 1 N–H and O–H groups in total. The number of aliphatic hydroxyl groups excluding tert-OH is 1. The van der Waals surface area contributed by atoms with Crippen LogP contribution < -0.4 is 0 Å². The molecule has 0 rings (SSSR count). The van der Waals surface area contributed by atoms with E-state index in [0.717, 1.165) is 25.7 Å². The number of hydrogen-bond donors (Lipinski definition) is 1. The van der Waals surface area contributed by atoms with Gasteiger partial charge < -0.3 is 9.53 Å². The Morgan fingerprint density at radius 3 is 2.19 bits per heavy atom. The molecule has 0 aliphatic heterocycles. The Balaban J connectivity index is 4.78. The highest BCUT2D eigenvalue weighted by Crippen LogP contribution is 2.37. The van der Waals surface area contributed by atoms with Gasteiger partial charge >= 0.3 is 0 Å². The highest BCUT2D eigenvalue weighted by Gasteiger charge is 2.38. The van der Waals surface area contributed by atoms with Gasteiger partial charge in [0.25, 0.3) is 0 Å². The van der Waals surface area contributed by atoms with E-state index in [1.807, 2.05) is 19.1 Å². The van der Waals surface area contributed by atoms with E-state index in [2.05, 4.69) is 74.2 Å². The maximum absolute atomic E-state index is 10.7. The van der Waals surface area contributed by atoms with E-state index in [-0.39, 0.29) is 17.1 Å². The van der Waals surface area contributed by atoms with E-state index < -0.39 is 14.4 Å². The number of nitrogens with zero attached hydrogens (tertiary/aromatic N) is 1. The average molecular weight is 448 g/mol. The molecule has 0 aliphatic rings. The number of rotatable bonds is 13. The number of aliphatic hydroxyl groups is 1. The van der Waals surface area contributed by atoms with E-state index >= 15 is 0 Å². The van der Waals surface area contributed by atoms with Gasteiger partial charge in [0.2, 0.25) is 0 Å². The normalized spacial score (nSPS) is 18.3. The lowest BCUT2D eigenvalue weighted by atomic mass is 9.84. The highest BCUT2D eigenvalue weighted by atomic mass is 28.4. The Morgan fingerprint density at radius 1 is 1.13 bits per heavy atom. The summed E-state index contributed by atoms with van der Waals surface area (Å²) in [5.41, 5.74) is 1.65. The molecule has 31 heavy (non-hydrogen) atoms. The highest BCUT2D eigenvalue weighted by molar-refractivity contribution is 6.74. The molecule has 0 saturated heterocycles. The summed E-state index contributed by atoms with van der Waals surface area (Å²) in [6.45, 7) is 26.0. The molecule has 0 fully saturated rings. The van der Waals surface area contributed by atoms with Crippen molar-refractivity contribution in [3.8, 4) is 6.07 Å². The van der Waals surface area contributed by atoms with Crippen molar-refractivity contribution in [2.45, 2.75) is 111 Å². The van der Waals surface area contributed by atoms with Crippen LogP contribution in [-0.2, 0) is 4.43 Å². The lowest BCUT2D eigenvalue weighted by Crippen LogP contribution is -2.43. The smallest absolute Gasteiger partial charge is 0.192 e. The van der Waals surface area contributed by atoms with Crippen LogP contribution >= 0.6 is 0 Å². The second kappa shape index (κ2) is 13.4. The molecular weight excluding hydrogens is 398 g/mol. The molecule has 5 atom stereocenters. The van der Waals surface area contributed by atoms with Crippen LogP contribution in [-0.4, -0.2) is 25.6 Å². The summed E-state index contributed by atoms with van der Waals surface area (Å²) in [7, 11) is -1.77. The molecule has 2 unspecified atom stereocenters. The Kier molecular flexibility index (Phi) is 12.9. The van der Waals surface area contributed by atoms with Crippen molar-refractivity contribution in [2.75, 3.05) is 0 Å². The first-order chi connectivity index (χ1) is 14.1. The predicted octanol–water partition coefficient (Wildman–Crippen LogP) is 7.81. The second-order valence-electron chi connectivity index (χ2n) is 11.4. The molecule has 4 heteroatoms. The molecule has 3 nitrogen and oxygen atoms in total. The summed E-state index contributed by atoms with van der Waals surface area (Å²) in [4.78, 5) is 0. The van der Waals surface area contributed by atoms with Crippen LogP contribution in [0.25, 0.3) is 0 Å². The molecule has 0 spiro atoms. The summed E-state index contributed by atoms with van der Waals surface area (Å²) >= 11 is 0. The van der Waals surface area contributed by atoms with Crippen LogP contribution in [0, 0.1) is 29.1 Å². The van der Waals surface area contributed by atoms with Gasteiger partial charge in [0.05, 0.1) is 17.7 Å². The molecule has 0 radical (unpaired) electrons. The van der Waals surface area contributed by atoms with Crippen molar-refractivity contribution in [1.29, 1.82) is 5.26 Å². The minimum Gasteiger partial charge on any atom is -0.414 e. The molecule has 0 bridgehead atoms. The molecule has 0 aromatic rings. The molecule has 0 aliphatic carbocycles. The summed E-state index contributed by atoms with van der Waals surface area (Å²) in [6, 6.07) is 2.19. The predicted molar refractivity (Wildman–Crippen MR) is 137 cm³/mol. The molecule has 0 heterocycles. The third-order valence-electron chi connectivity index (χ3n) is 6.44. The standard InChI is InChI=1S/C27H49NO2Si/c1-20(2)16-21(3)17-22(4)18-23(5)26(29)25(19-28)15-13-12-14-24(6)30-31(10,11)27(7,8)9/h12-13,15,21-24,26,29H,1,14,16-18H2,2-11H3/b13-12+,25-15-/t21-,22-,23+,24?,26?/m1/s1. The topological polar surface area (TPSA) is 53.2 Å². The van der Waals surface area contributed by atoms with Gasteiger partial charge in [0.15, 0.2) is 8.32 Å². The Labute approximate surface area is 194 Å². The second-order valence-corrected chi connectivity index (χ2v) is 16.1. The summed E-state index contributed by atoms with van der Waals surface area (Å²) in [5, 5.41) is 20.4. The largest absolute Gasteiger partial charge is 0.414 e. The number of hydrogen-bond acceptors (Lipinski definition) is 3. The Morgan fingerprint density at radius 2 is 1.71 bits per heavy atom. The maximum atomic E-state index is 10.7. The van der Waals surface area contributed by atoms with Crippen LogP contribution in [0.3, 0.4) is 0 Å². The molecule has 0 aromatic carbocycles. The van der Waals surface area contributed by atoms with Crippen LogP contribution in [0.2, 0.25) is 18.1 Å². The van der Waals surface area contributed by atoms with Gasteiger partial charge in [-0.3, -0.25) is 0 Å². The Bertz CT molecular complexity index is 651. The minimum atomic E-state index is -1.77. The van der Waals surface area contributed by atoms with Crippen LogP contribution in [0.15, 0.2) is 36.0 Å². The van der Waals surface area contributed by atoms with Crippen molar-refractivity contribution < 1.29 is 9.53 Å². The first kappa shape index (κ1) is 29.8. The van der Waals surface area contributed by atoms with Crippen LogP contribution in [0.4, 0.5) is 0 Å². The fourth-order valence-electron chi connectivity index (χ4n) is 3.90. The molecule has 178 valence electrons. The van der Waals surface area contributed by atoms with Crippen molar-refractivity contribution in [3.05, 3.63) is 36.0 Å². The van der Waals surface area contributed by atoms with Gasteiger partial charge in [-0.15, -0.1) is 6.58 Å². The van der Waals surface area contributed by atoms with E-state index in [9.17, 15) is 10.4 Å². The Hall–Kier alpha value is -1.15. The van der Waals surface area contributed by atoms with E-state index in [1.165, 1.54) is 5.57 Å². The van der Waals surface area contributed by atoms with Crippen LogP contribution in [0.1, 0.15) is 81.1 Å². The molecule has 0 aromatic heterocycles. The van der Waals surface area contributed by atoms with Crippen molar-refractivity contribution >= 4 is 8.32 Å². The van der Waals surface area contributed by atoms with Gasteiger partial charge in [-0.05, 0) is 81.5 Å². The summed E-state index contributed by atoms with van der Waals surface area (Å²) in [5.74, 6) is 1.15. The lowest BCUT2D eigenvalue weighted by Gasteiger charge is -2.38. The van der Waals surface area contributed by atoms with Crippen molar-refractivity contribution in [1.82, 2.24) is 0 Å². The molecule has 0 amide bonds. The third-order valence-corrected chi connectivity index (χ3v) is 11.0. The van der Waals surface area contributed by atoms with Gasteiger partial charge in [-0.1, -0.05) is 59.3 Å². The van der Waals surface area contributed by atoms with Gasteiger partial charge in [0.1, 0.15) is 0 Å². The van der Waals surface area contributed by atoms with Gasteiger partial charge in [-0.25, -0.2) is 0 Å². The van der Waals surface area contributed by atoms with Gasteiger partial charge in [-0.2, -0.15) is 5.26 Å². The first-order valence-corrected chi connectivity index (χ1v) is 14.8. The van der Waals surface area contributed by atoms with Crippen molar-refractivity contribution in [2.24, 2.45) is 17.8 Å². The minimum absolute atomic E-state index is 0.0483. The zero-order valence-corrected chi connectivity index (χ0v) is 23.0. The zero-order valence-electron chi connectivity index (χ0n) is 22.0. The fraction of sp³-hybridized carbons (Fsp3) is 0.741. The van der Waals surface area contributed by atoms with E-state index in [4.69, 9.17) is 4.43 Å². The third kappa shape index (κ3) is 11.9. The van der Waals surface area contributed by atoms with Crippen molar-refractivity contribution in [3.63, 3.8) is 0 Å². The van der Waals surface area contributed by atoms with Gasteiger partial charge in [0, 0.05) is 6.10 Å². The number of nitriles is 1. The van der Waals surface area contributed by atoms with E-state index in [0.29, 0.717) is 17.4 Å². The SMILES string of the molecule is C=C(C)C[C@@H](C)C[C@@H](C)C[C@H](C)C(O)/C(C#N)=C\C=C\CC(C)O[Si](C)(C)C(C)(C)C. The molecule has 0 saturated carbocycles. The monoisotopic (exact) mass is 447 g/mol. The lowest BCUT2D eigenvalue weighted by molar-refractivity contribution is 0.135. The van der Waals surface area contributed by atoms with Crippen LogP contribution in [0.5, 0.6) is 0 Å². The zero-order chi connectivity index (χ0) is 24.4. The van der Waals surface area contributed by atoms with E-state index in [1.54, 1.807) is 6.08 Å².